The van der Waals surface area contributed by atoms with Crippen LogP contribution < -0.4 is 19.1 Å². The van der Waals surface area contributed by atoms with Gasteiger partial charge in [0.05, 0.1) is 23.8 Å². The first kappa shape index (κ1) is 27.0. The smallest absolute Gasteiger partial charge is 0.264 e. The summed E-state index contributed by atoms with van der Waals surface area (Å²) in [5.41, 5.74) is 1.23. The molecule has 9 heteroatoms. The molecule has 3 aromatic carbocycles. The molecule has 0 radical (unpaired) electrons. The minimum absolute atomic E-state index is 0.00407. The first-order valence-electron chi connectivity index (χ1n) is 11.8. The van der Waals surface area contributed by atoms with Gasteiger partial charge in [-0.25, -0.2) is 12.8 Å². The van der Waals surface area contributed by atoms with E-state index in [-0.39, 0.29) is 10.6 Å². The van der Waals surface area contributed by atoms with Crippen molar-refractivity contribution in [3.05, 3.63) is 84.2 Å². The second-order valence-corrected chi connectivity index (χ2v) is 9.75. The lowest BCUT2D eigenvalue weighted by molar-refractivity contribution is -0.119. The Morgan fingerprint density at radius 1 is 0.917 bits per heavy atom. The van der Waals surface area contributed by atoms with E-state index < -0.39 is 28.3 Å². The van der Waals surface area contributed by atoms with Gasteiger partial charge in [-0.15, -0.1) is 0 Å². The number of benzene rings is 3. The number of hydrogen-bond acceptors (Lipinski definition) is 5. The molecule has 0 saturated heterocycles. The van der Waals surface area contributed by atoms with E-state index in [1.807, 2.05) is 38.1 Å². The molecule has 3 aromatic rings. The van der Waals surface area contributed by atoms with Crippen molar-refractivity contribution in [3.63, 3.8) is 0 Å². The zero-order chi connectivity index (χ0) is 26.0. The molecular formula is C27H31FN2O5S. The van der Waals surface area contributed by atoms with Crippen LogP contribution in [0.25, 0.3) is 0 Å². The number of carbonyl (C=O) groups is 1. The summed E-state index contributed by atoms with van der Waals surface area (Å²) >= 11 is 0. The highest BCUT2D eigenvalue weighted by Gasteiger charge is 2.27. The predicted octanol–water partition coefficient (Wildman–Crippen LogP) is 4.57. The molecule has 0 aliphatic rings. The minimum Gasteiger partial charge on any atom is -0.494 e. The summed E-state index contributed by atoms with van der Waals surface area (Å²) < 4.78 is 52.4. The molecule has 0 bridgehead atoms. The number of nitrogens with one attached hydrogen (secondary N) is 1. The maximum Gasteiger partial charge on any atom is 0.264 e. The number of amides is 1. The molecule has 0 aromatic heterocycles. The molecule has 192 valence electrons. The first-order chi connectivity index (χ1) is 17.3. The molecule has 0 aliphatic heterocycles. The van der Waals surface area contributed by atoms with Crippen molar-refractivity contribution in [1.29, 1.82) is 0 Å². The van der Waals surface area contributed by atoms with Crippen molar-refractivity contribution in [1.82, 2.24) is 5.32 Å². The van der Waals surface area contributed by atoms with E-state index >= 15 is 0 Å². The summed E-state index contributed by atoms with van der Waals surface area (Å²) in [5.74, 6) is 0.379. The van der Waals surface area contributed by atoms with E-state index in [1.165, 1.54) is 24.3 Å². The Labute approximate surface area is 211 Å². The fraction of sp³-hybridized carbons (Fsp3) is 0.296. The molecule has 0 heterocycles. The quantitative estimate of drug-likeness (QED) is 0.338. The van der Waals surface area contributed by atoms with Crippen molar-refractivity contribution in [2.75, 3.05) is 30.6 Å². The summed E-state index contributed by atoms with van der Waals surface area (Å²) in [4.78, 5) is 12.8. The fourth-order valence-corrected chi connectivity index (χ4v) is 5.04. The maximum absolute atomic E-state index is 13.5. The van der Waals surface area contributed by atoms with Gasteiger partial charge >= 0.3 is 0 Å². The van der Waals surface area contributed by atoms with Crippen molar-refractivity contribution in [2.45, 2.75) is 31.6 Å². The van der Waals surface area contributed by atoms with E-state index in [4.69, 9.17) is 9.47 Å². The number of halogens is 1. The Kier molecular flexibility index (Phi) is 9.69. The number of ether oxygens (including phenoxy) is 2. The van der Waals surface area contributed by atoms with E-state index in [1.54, 1.807) is 12.1 Å². The third kappa shape index (κ3) is 7.21. The standard InChI is InChI=1S/C27H31FN2O5S/c1-3-34-24-15-17-25(18-16-24)36(32,33)30(23-13-11-22(28)12-14-23)20-27(31)29-19-7-9-21-8-5-6-10-26(21)35-4-2/h5-6,8,10-18H,3-4,7,9,19-20H2,1-2H3,(H,29,31). The molecule has 3 rings (SSSR count). The number of nitrogens with zero attached hydrogens (tertiary/aromatic N) is 1. The highest BCUT2D eigenvalue weighted by Crippen LogP contribution is 2.25. The van der Waals surface area contributed by atoms with Crippen LogP contribution in [-0.4, -0.2) is 40.6 Å². The molecule has 1 amide bonds. The van der Waals surface area contributed by atoms with Gasteiger partial charge in [0, 0.05) is 6.54 Å². The lowest BCUT2D eigenvalue weighted by Gasteiger charge is -2.24. The van der Waals surface area contributed by atoms with Gasteiger partial charge in [-0.2, -0.15) is 0 Å². The van der Waals surface area contributed by atoms with Crippen LogP contribution in [0, 0.1) is 5.82 Å². The van der Waals surface area contributed by atoms with Gasteiger partial charge in [0.15, 0.2) is 0 Å². The summed E-state index contributed by atoms with van der Waals surface area (Å²) in [6.45, 7) is 4.68. The monoisotopic (exact) mass is 514 g/mol. The third-order valence-corrected chi connectivity index (χ3v) is 7.13. The SMILES string of the molecule is CCOc1ccc(S(=O)(=O)N(CC(=O)NCCCc2ccccc2OCC)c2ccc(F)cc2)cc1. The van der Waals surface area contributed by atoms with Crippen LogP contribution in [0.2, 0.25) is 0 Å². The Morgan fingerprint density at radius 3 is 2.25 bits per heavy atom. The summed E-state index contributed by atoms with van der Waals surface area (Å²) in [7, 11) is -4.10. The zero-order valence-corrected chi connectivity index (χ0v) is 21.3. The first-order valence-corrected chi connectivity index (χ1v) is 13.3. The highest BCUT2D eigenvalue weighted by molar-refractivity contribution is 7.92. The molecule has 0 fully saturated rings. The van der Waals surface area contributed by atoms with E-state index in [2.05, 4.69) is 5.32 Å². The van der Waals surface area contributed by atoms with Gasteiger partial charge in [0.1, 0.15) is 23.9 Å². The number of anilines is 1. The zero-order valence-electron chi connectivity index (χ0n) is 20.4. The molecule has 7 nitrogen and oxygen atoms in total. The number of para-hydroxylation sites is 1. The average molecular weight is 515 g/mol. The van der Waals surface area contributed by atoms with Crippen LogP contribution in [0.15, 0.2) is 77.7 Å². The summed E-state index contributed by atoms with van der Waals surface area (Å²) in [5, 5.41) is 2.79. The van der Waals surface area contributed by atoms with Crippen molar-refractivity contribution in [3.8, 4) is 11.5 Å². The predicted molar refractivity (Wildman–Crippen MR) is 137 cm³/mol. The number of rotatable bonds is 13. The largest absolute Gasteiger partial charge is 0.494 e. The van der Waals surface area contributed by atoms with Gasteiger partial charge in [-0.05, 0) is 86.8 Å². The van der Waals surface area contributed by atoms with Gasteiger partial charge in [-0.3, -0.25) is 9.10 Å². The van der Waals surface area contributed by atoms with Crippen molar-refractivity contribution < 1.29 is 27.1 Å². The topological polar surface area (TPSA) is 84.9 Å². The summed E-state index contributed by atoms with van der Waals surface area (Å²) in [6.07, 6.45) is 1.35. The van der Waals surface area contributed by atoms with Gasteiger partial charge in [0.25, 0.3) is 10.0 Å². The Hall–Kier alpha value is -3.59. The fourth-order valence-electron chi connectivity index (χ4n) is 3.62. The molecule has 0 atom stereocenters. The lowest BCUT2D eigenvalue weighted by Crippen LogP contribution is -2.41. The van der Waals surface area contributed by atoms with Crippen molar-refractivity contribution in [2.24, 2.45) is 0 Å². The number of aryl methyl sites for hydroxylation is 1. The van der Waals surface area contributed by atoms with Crippen LogP contribution in [0.5, 0.6) is 11.5 Å². The van der Waals surface area contributed by atoms with Crippen molar-refractivity contribution >= 4 is 21.6 Å². The molecule has 0 aliphatic carbocycles. The van der Waals surface area contributed by atoms with Crippen LogP contribution in [0.4, 0.5) is 10.1 Å². The Morgan fingerprint density at radius 2 is 1.58 bits per heavy atom. The van der Waals surface area contributed by atoms with E-state index in [0.29, 0.717) is 38.3 Å². The number of hydrogen-bond donors (Lipinski definition) is 1. The second kappa shape index (κ2) is 12.9. The van der Waals surface area contributed by atoms with Crippen LogP contribution >= 0.6 is 0 Å². The summed E-state index contributed by atoms with van der Waals surface area (Å²) in [6, 6.07) is 18.7. The van der Waals surface area contributed by atoms with Crippen LogP contribution in [-0.2, 0) is 21.2 Å². The van der Waals surface area contributed by atoms with Crippen LogP contribution in [0.1, 0.15) is 25.8 Å². The van der Waals surface area contributed by atoms with Gasteiger partial charge < -0.3 is 14.8 Å². The lowest BCUT2D eigenvalue weighted by atomic mass is 10.1. The van der Waals surface area contributed by atoms with Gasteiger partial charge in [0.2, 0.25) is 5.91 Å². The van der Waals surface area contributed by atoms with E-state index in [0.717, 1.165) is 27.8 Å². The van der Waals surface area contributed by atoms with E-state index in [9.17, 15) is 17.6 Å². The number of sulfonamides is 1. The Bertz CT molecular complexity index is 1230. The molecule has 36 heavy (non-hydrogen) atoms. The molecule has 0 unspecified atom stereocenters. The molecule has 0 saturated carbocycles. The maximum atomic E-state index is 13.5. The minimum atomic E-state index is -4.10. The van der Waals surface area contributed by atoms with Gasteiger partial charge in [-0.1, -0.05) is 18.2 Å². The van der Waals surface area contributed by atoms with Crippen LogP contribution in [0.3, 0.4) is 0 Å². The second-order valence-electron chi connectivity index (χ2n) is 7.89. The average Bonchev–Trinajstić information content (AvgIpc) is 2.87. The molecule has 1 N–H and O–H groups in total. The molecular weight excluding hydrogens is 483 g/mol. The Balaban J connectivity index is 1.69. The molecule has 0 spiro atoms. The number of carbonyl (C=O) groups excluding carboxylic acids is 1. The highest BCUT2D eigenvalue weighted by atomic mass is 32.2. The normalized spacial score (nSPS) is 11.1. The third-order valence-electron chi connectivity index (χ3n) is 5.34.